The second-order valence-electron chi connectivity index (χ2n) is 8.77. The normalized spacial score (nSPS) is 36.7. The quantitative estimate of drug-likeness (QED) is 0.815. The number of aliphatic hydroxyl groups is 1. The van der Waals surface area contributed by atoms with Crippen LogP contribution < -0.4 is 4.74 Å². The monoisotopic (exact) mass is 332 g/mol. The van der Waals surface area contributed by atoms with Gasteiger partial charge in [0.25, 0.3) is 0 Å². The molecule has 4 rings (SSSR count). The van der Waals surface area contributed by atoms with E-state index in [0.29, 0.717) is 12.2 Å². The van der Waals surface area contributed by atoms with Gasteiger partial charge in [-0.15, -0.1) is 0 Å². The molecule has 24 heavy (non-hydrogen) atoms. The molecule has 0 bridgehead atoms. The van der Waals surface area contributed by atoms with E-state index < -0.39 is 12.6 Å². The molecule has 1 spiro atoms. The van der Waals surface area contributed by atoms with Gasteiger partial charge in [0.1, 0.15) is 11.5 Å². The Labute approximate surface area is 143 Å². The van der Waals surface area contributed by atoms with Gasteiger partial charge >= 0.3 is 0 Å². The molecule has 2 fully saturated rings. The highest BCUT2D eigenvalue weighted by Gasteiger charge is 2.63. The molecule has 4 nitrogen and oxygen atoms in total. The van der Waals surface area contributed by atoms with Crippen molar-refractivity contribution in [1.29, 1.82) is 0 Å². The molecule has 0 aromatic heterocycles. The molecule has 4 heteroatoms. The molecule has 0 unspecified atom stereocenters. The molecule has 2 N–H and O–H groups in total. The lowest BCUT2D eigenvalue weighted by Crippen LogP contribution is -2.59. The standard InChI is InChI=1S/C20H28O4/c1-11(2)12-8-15-13(9-14(12)21)20-7-5-6-19(3,4)16(20)10-17(22)24-18(20)23-15/h8-9,11,16-18,21-22H,5-7,10H2,1-4H3/t16-,17-,18+,20-/m0/s1. The van der Waals surface area contributed by atoms with Crippen molar-refractivity contribution in [3.8, 4) is 11.5 Å². The van der Waals surface area contributed by atoms with E-state index in [1.807, 2.05) is 12.1 Å². The summed E-state index contributed by atoms with van der Waals surface area (Å²) in [6.07, 6.45) is 2.62. The third-order valence-electron chi connectivity index (χ3n) is 6.60. The Morgan fingerprint density at radius 1 is 1.21 bits per heavy atom. The third kappa shape index (κ3) is 2.05. The first-order valence-corrected chi connectivity index (χ1v) is 9.13. The first kappa shape index (κ1) is 16.2. The van der Waals surface area contributed by atoms with Crippen molar-refractivity contribution in [2.24, 2.45) is 11.3 Å². The van der Waals surface area contributed by atoms with E-state index in [1.54, 1.807) is 0 Å². The van der Waals surface area contributed by atoms with Crippen molar-refractivity contribution in [3.63, 3.8) is 0 Å². The maximum atomic E-state index is 10.6. The van der Waals surface area contributed by atoms with Crippen LogP contribution in [0.5, 0.6) is 11.5 Å². The van der Waals surface area contributed by atoms with E-state index in [4.69, 9.17) is 9.47 Å². The van der Waals surface area contributed by atoms with Crippen LogP contribution in [0.1, 0.15) is 70.4 Å². The van der Waals surface area contributed by atoms with Gasteiger partial charge in [0.05, 0.1) is 5.41 Å². The predicted molar refractivity (Wildman–Crippen MR) is 91.1 cm³/mol. The fourth-order valence-corrected chi connectivity index (χ4v) is 5.42. The zero-order chi connectivity index (χ0) is 17.3. The fraction of sp³-hybridized carbons (Fsp3) is 0.700. The van der Waals surface area contributed by atoms with Gasteiger partial charge in [-0.2, -0.15) is 0 Å². The Morgan fingerprint density at radius 2 is 1.96 bits per heavy atom. The molecule has 1 aromatic carbocycles. The summed E-state index contributed by atoms with van der Waals surface area (Å²) in [5.74, 6) is 1.66. The van der Waals surface area contributed by atoms with Crippen LogP contribution in [0.4, 0.5) is 0 Å². The maximum Gasteiger partial charge on any atom is 0.212 e. The summed E-state index contributed by atoms with van der Waals surface area (Å²) in [5, 5.41) is 20.8. The van der Waals surface area contributed by atoms with Gasteiger partial charge < -0.3 is 19.7 Å². The summed E-state index contributed by atoms with van der Waals surface area (Å²) in [4.78, 5) is 0. The Balaban J connectivity index is 1.89. The number of phenols is 1. The van der Waals surface area contributed by atoms with Gasteiger partial charge in [0.15, 0.2) is 6.29 Å². The Bertz CT molecular complexity index is 666. The number of aromatic hydroxyl groups is 1. The molecule has 1 saturated heterocycles. The zero-order valence-electron chi connectivity index (χ0n) is 15.0. The van der Waals surface area contributed by atoms with E-state index >= 15 is 0 Å². The molecular formula is C20H28O4. The maximum absolute atomic E-state index is 10.6. The van der Waals surface area contributed by atoms with E-state index in [-0.39, 0.29) is 22.7 Å². The Kier molecular flexibility index (Phi) is 3.46. The largest absolute Gasteiger partial charge is 0.508 e. The van der Waals surface area contributed by atoms with E-state index in [1.165, 1.54) is 0 Å². The number of hydrogen-bond donors (Lipinski definition) is 2. The van der Waals surface area contributed by atoms with E-state index in [2.05, 4.69) is 27.7 Å². The van der Waals surface area contributed by atoms with Crippen LogP contribution in [0, 0.1) is 11.3 Å². The number of rotatable bonds is 1. The number of aliphatic hydroxyl groups excluding tert-OH is 1. The summed E-state index contributed by atoms with van der Waals surface area (Å²) in [5.41, 5.74) is 1.82. The van der Waals surface area contributed by atoms with Gasteiger partial charge in [-0.3, -0.25) is 0 Å². The molecule has 0 radical (unpaired) electrons. The molecular weight excluding hydrogens is 304 g/mol. The lowest BCUT2D eigenvalue weighted by atomic mass is 9.52. The SMILES string of the molecule is CC(C)c1cc2c(cc1O)[C@@]13CCCC(C)(C)[C@@H]1C[C@@H](O)O[C@H]3O2. The molecule has 2 aliphatic heterocycles. The number of phenolic OH excluding ortho intramolecular Hbond substituents is 1. The van der Waals surface area contributed by atoms with Gasteiger partial charge in [-0.05, 0) is 42.2 Å². The summed E-state index contributed by atoms with van der Waals surface area (Å²) >= 11 is 0. The van der Waals surface area contributed by atoms with E-state index in [0.717, 1.165) is 36.1 Å². The van der Waals surface area contributed by atoms with E-state index in [9.17, 15) is 10.2 Å². The highest BCUT2D eigenvalue weighted by molar-refractivity contribution is 5.54. The molecule has 0 amide bonds. The number of benzene rings is 1. The van der Waals surface area contributed by atoms with Crippen molar-refractivity contribution >= 4 is 0 Å². The minimum Gasteiger partial charge on any atom is -0.508 e. The first-order chi connectivity index (χ1) is 11.3. The fourth-order valence-electron chi connectivity index (χ4n) is 5.42. The number of fused-ring (bicyclic) bond motifs is 1. The summed E-state index contributed by atoms with van der Waals surface area (Å²) in [6.45, 7) is 8.70. The number of hydrogen-bond acceptors (Lipinski definition) is 4. The molecule has 1 aromatic rings. The Hall–Kier alpha value is -1.26. The third-order valence-corrected chi connectivity index (χ3v) is 6.60. The lowest BCUT2D eigenvalue weighted by molar-refractivity contribution is -0.277. The molecule has 3 aliphatic rings. The van der Waals surface area contributed by atoms with Gasteiger partial charge in [-0.25, -0.2) is 0 Å². The topological polar surface area (TPSA) is 58.9 Å². The minimum absolute atomic E-state index is 0.110. The molecule has 1 saturated carbocycles. The average molecular weight is 332 g/mol. The van der Waals surface area contributed by atoms with Crippen LogP contribution >= 0.6 is 0 Å². The van der Waals surface area contributed by atoms with Crippen molar-refractivity contribution in [2.75, 3.05) is 0 Å². The lowest BCUT2D eigenvalue weighted by Gasteiger charge is -2.55. The molecule has 132 valence electrons. The Morgan fingerprint density at radius 3 is 2.67 bits per heavy atom. The van der Waals surface area contributed by atoms with Crippen molar-refractivity contribution in [2.45, 2.75) is 77.3 Å². The number of ether oxygens (including phenoxy) is 2. The van der Waals surface area contributed by atoms with Crippen LogP contribution in [-0.4, -0.2) is 22.8 Å². The van der Waals surface area contributed by atoms with Crippen LogP contribution in [0.3, 0.4) is 0 Å². The second kappa shape index (κ2) is 5.12. The summed E-state index contributed by atoms with van der Waals surface area (Å²) < 4.78 is 12.0. The van der Waals surface area contributed by atoms with Crippen molar-refractivity contribution in [1.82, 2.24) is 0 Å². The van der Waals surface area contributed by atoms with Gasteiger partial charge in [-0.1, -0.05) is 34.1 Å². The smallest absolute Gasteiger partial charge is 0.212 e. The first-order valence-electron chi connectivity index (χ1n) is 9.13. The summed E-state index contributed by atoms with van der Waals surface area (Å²) in [7, 11) is 0. The van der Waals surface area contributed by atoms with Crippen LogP contribution in [-0.2, 0) is 10.2 Å². The minimum atomic E-state index is -0.780. The molecule has 2 heterocycles. The summed E-state index contributed by atoms with van der Waals surface area (Å²) in [6, 6.07) is 3.87. The predicted octanol–water partition coefficient (Wildman–Crippen LogP) is 4.04. The van der Waals surface area contributed by atoms with Crippen LogP contribution in [0.2, 0.25) is 0 Å². The highest BCUT2D eigenvalue weighted by Crippen LogP contribution is 2.63. The van der Waals surface area contributed by atoms with Crippen LogP contribution in [0.15, 0.2) is 12.1 Å². The molecule has 1 aliphatic carbocycles. The van der Waals surface area contributed by atoms with Crippen molar-refractivity contribution in [3.05, 3.63) is 23.3 Å². The highest BCUT2D eigenvalue weighted by atomic mass is 16.7. The van der Waals surface area contributed by atoms with Gasteiger partial charge in [0, 0.05) is 17.5 Å². The van der Waals surface area contributed by atoms with Crippen molar-refractivity contribution < 1.29 is 19.7 Å². The molecule has 4 atom stereocenters. The zero-order valence-corrected chi connectivity index (χ0v) is 15.0. The second-order valence-corrected chi connectivity index (χ2v) is 8.77. The van der Waals surface area contributed by atoms with Gasteiger partial charge in [0.2, 0.25) is 6.29 Å². The van der Waals surface area contributed by atoms with Crippen LogP contribution in [0.25, 0.3) is 0 Å². The average Bonchev–Trinajstić information content (AvgIpc) is 2.78.